The van der Waals surface area contributed by atoms with E-state index in [1.54, 1.807) is 24.5 Å². The van der Waals surface area contributed by atoms with Crippen molar-refractivity contribution in [3.63, 3.8) is 0 Å². The minimum atomic E-state index is -0.196. The number of rotatable bonds is 7. The van der Waals surface area contributed by atoms with Crippen LogP contribution in [0.15, 0.2) is 52.0 Å². The van der Waals surface area contributed by atoms with E-state index in [9.17, 15) is 9.59 Å². The maximum atomic E-state index is 12.3. The Kier molecular flexibility index (Phi) is 5.23. The number of carbonyl (C=O) groups is 1. The number of carbonyl (C=O) groups excluding carboxylic acids is 1. The molecular weight excluding hydrogens is 396 g/mol. The third-order valence-corrected chi connectivity index (χ3v) is 5.90. The molecule has 2 saturated carbocycles. The standard InChI is InChI=1S/C22H24N6O3/c29-21-2-1-9-25-28(21)17-7-8-20(23-13-17)26-16-6-3-14(10-16)12-24-22(30)19-11-18(27-31-19)15-4-5-15/h1-2,7-9,11,13-16H,3-6,10,12H2,(H,23,26)(H,24,30)/t14-,16+/m1/s1. The van der Waals surface area contributed by atoms with Crippen LogP contribution in [-0.4, -0.2) is 38.4 Å². The highest BCUT2D eigenvalue weighted by molar-refractivity contribution is 5.91. The molecule has 0 spiro atoms. The summed E-state index contributed by atoms with van der Waals surface area (Å²) in [4.78, 5) is 28.6. The van der Waals surface area contributed by atoms with Gasteiger partial charge in [-0.3, -0.25) is 9.59 Å². The van der Waals surface area contributed by atoms with Gasteiger partial charge in [-0.05, 0) is 56.2 Å². The van der Waals surface area contributed by atoms with Gasteiger partial charge in [0, 0.05) is 36.8 Å². The van der Waals surface area contributed by atoms with Crippen molar-refractivity contribution in [3.8, 4) is 5.69 Å². The Labute approximate surface area is 178 Å². The van der Waals surface area contributed by atoms with E-state index in [0.29, 0.717) is 35.9 Å². The predicted octanol–water partition coefficient (Wildman–Crippen LogP) is 2.50. The van der Waals surface area contributed by atoms with Gasteiger partial charge in [0.05, 0.1) is 17.6 Å². The average molecular weight is 420 g/mol. The zero-order chi connectivity index (χ0) is 21.2. The second-order valence-corrected chi connectivity index (χ2v) is 8.30. The van der Waals surface area contributed by atoms with E-state index in [-0.39, 0.29) is 11.5 Å². The number of hydrogen-bond acceptors (Lipinski definition) is 7. The summed E-state index contributed by atoms with van der Waals surface area (Å²) in [6.07, 6.45) is 8.46. The first-order chi connectivity index (χ1) is 15.2. The minimum Gasteiger partial charge on any atom is -0.367 e. The van der Waals surface area contributed by atoms with Crippen LogP contribution >= 0.6 is 0 Å². The van der Waals surface area contributed by atoms with Crippen LogP contribution < -0.4 is 16.2 Å². The molecule has 2 atom stereocenters. The molecule has 3 heterocycles. The molecule has 0 aliphatic heterocycles. The zero-order valence-electron chi connectivity index (χ0n) is 17.0. The van der Waals surface area contributed by atoms with E-state index in [0.717, 1.165) is 43.6 Å². The van der Waals surface area contributed by atoms with Gasteiger partial charge in [0.1, 0.15) is 5.82 Å². The number of pyridine rings is 1. The first-order valence-electron chi connectivity index (χ1n) is 10.7. The molecule has 1 amide bonds. The Morgan fingerprint density at radius 3 is 2.87 bits per heavy atom. The van der Waals surface area contributed by atoms with Crippen LogP contribution in [-0.2, 0) is 0 Å². The van der Waals surface area contributed by atoms with Crippen molar-refractivity contribution >= 4 is 11.7 Å². The monoisotopic (exact) mass is 420 g/mol. The van der Waals surface area contributed by atoms with Crippen molar-refractivity contribution in [2.45, 2.75) is 44.1 Å². The summed E-state index contributed by atoms with van der Waals surface area (Å²) >= 11 is 0. The van der Waals surface area contributed by atoms with Crippen molar-refractivity contribution in [2.24, 2.45) is 5.92 Å². The van der Waals surface area contributed by atoms with Crippen LogP contribution in [0.5, 0.6) is 0 Å². The molecule has 9 heteroatoms. The number of nitrogens with one attached hydrogen (secondary N) is 2. The summed E-state index contributed by atoms with van der Waals surface area (Å²) in [5, 5.41) is 14.5. The maximum absolute atomic E-state index is 12.3. The van der Waals surface area contributed by atoms with Crippen LogP contribution in [0.1, 0.15) is 54.3 Å². The number of amides is 1. The number of aromatic nitrogens is 4. The Hall–Kier alpha value is -3.49. The fraction of sp³-hybridized carbons (Fsp3) is 0.409. The second-order valence-electron chi connectivity index (χ2n) is 8.30. The SMILES string of the molecule is O=C(NC[C@@H]1CC[C@H](Nc2ccc(-n3ncccc3=O)cn2)C1)c1cc(C2CC2)no1. The highest BCUT2D eigenvalue weighted by atomic mass is 16.5. The van der Waals surface area contributed by atoms with Crippen molar-refractivity contribution in [3.05, 3.63) is 64.5 Å². The van der Waals surface area contributed by atoms with Crippen molar-refractivity contribution < 1.29 is 9.32 Å². The maximum Gasteiger partial charge on any atom is 0.289 e. The molecule has 160 valence electrons. The first-order valence-corrected chi connectivity index (χ1v) is 10.7. The van der Waals surface area contributed by atoms with Crippen molar-refractivity contribution in [1.29, 1.82) is 0 Å². The topological polar surface area (TPSA) is 115 Å². The fourth-order valence-electron chi connectivity index (χ4n) is 4.04. The van der Waals surface area contributed by atoms with Crippen molar-refractivity contribution in [2.75, 3.05) is 11.9 Å². The third-order valence-electron chi connectivity index (χ3n) is 5.90. The van der Waals surface area contributed by atoms with Gasteiger partial charge in [-0.2, -0.15) is 9.78 Å². The molecule has 0 aromatic carbocycles. The van der Waals surface area contributed by atoms with Crippen LogP contribution in [0, 0.1) is 5.92 Å². The Morgan fingerprint density at radius 2 is 2.10 bits per heavy atom. The predicted molar refractivity (Wildman–Crippen MR) is 113 cm³/mol. The molecule has 3 aromatic heterocycles. The van der Waals surface area contributed by atoms with E-state index in [4.69, 9.17) is 4.52 Å². The quantitative estimate of drug-likeness (QED) is 0.603. The molecule has 2 aliphatic rings. The van der Waals surface area contributed by atoms with Gasteiger partial charge in [0.2, 0.25) is 5.76 Å². The molecule has 0 unspecified atom stereocenters. The molecule has 2 fully saturated rings. The summed E-state index contributed by atoms with van der Waals surface area (Å²) in [6, 6.07) is 8.81. The van der Waals surface area contributed by atoms with E-state index in [1.165, 1.54) is 10.7 Å². The molecule has 3 aromatic rings. The molecular formula is C22H24N6O3. The summed E-state index contributed by atoms with van der Waals surface area (Å²) in [6.45, 7) is 0.617. The van der Waals surface area contributed by atoms with E-state index in [1.807, 2.05) is 12.1 Å². The van der Waals surface area contributed by atoms with Gasteiger partial charge >= 0.3 is 0 Å². The van der Waals surface area contributed by atoms with E-state index >= 15 is 0 Å². The normalized spacial score (nSPS) is 20.5. The molecule has 9 nitrogen and oxygen atoms in total. The second kappa shape index (κ2) is 8.33. The summed E-state index contributed by atoms with van der Waals surface area (Å²) < 4.78 is 6.50. The van der Waals surface area contributed by atoms with Crippen LogP contribution in [0.25, 0.3) is 5.69 Å². The zero-order valence-corrected chi connectivity index (χ0v) is 17.0. The van der Waals surface area contributed by atoms with Crippen LogP contribution in [0.3, 0.4) is 0 Å². The van der Waals surface area contributed by atoms with Crippen LogP contribution in [0.4, 0.5) is 5.82 Å². The van der Waals surface area contributed by atoms with E-state index in [2.05, 4.69) is 25.9 Å². The summed E-state index contributed by atoms with van der Waals surface area (Å²) in [5.41, 5.74) is 1.32. The highest BCUT2D eigenvalue weighted by Crippen LogP contribution is 2.39. The molecule has 31 heavy (non-hydrogen) atoms. The summed E-state index contributed by atoms with van der Waals surface area (Å²) in [7, 11) is 0. The first kappa shape index (κ1) is 19.5. The van der Waals surface area contributed by atoms with Gasteiger partial charge in [-0.25, -0.2) is 4.98 Å². The third kappa shape index (κ3) is 4.50. The highest BCUT2D eigenvalue weighted by Gasteiger charge is 2.29. The molecule has 0 saturated heterocycles. The lowest BCUT2D eigenvalue weighted by molar-refractivity contribution is 0.0910. The fourth-order valence-corrected chi connectivity index (χ4v) is 4.04. The Morgan fingerprint density at radius 1 is 1.19 bits per heavy atom. The Balaban J connectivity index is 1.11. The molecule has 0 radical (unpaired) electrons. The van der Waals surface area contributed by atoms with Gasteiger partial charge in [-0.15, -0.1) is 0 Å². The van der Waals surface area contributed by atoms with Gasteiger partial charge < -0.3 is 15.2 Å². The number of hydrogen-bond donors (Lipinski definition) is 2. The molecule has 5 rings (SSSR count). The van der Waals surface area contributed by atoms with Gasteiger partial charge in [0.15, 0.2) is 0 Å². The lowest BCUT2D eigenvalue weighted by atomic mass is 10.1. The lowest BCUT2D eigenvalue weighted by Crippen LogP contribution is -2.28. The number of anilines is 1. The lowest BCUT2D eigenvalue weighted by Gasteiger charge is -2.14. The average Bonchev–Trinajstić information content (AvgIpc) is 3.34. The smallest absolute Gasteiger partial charge is 0.289 e. The van der Waals surface area contributed by atoms with Gasteiger partial charge in [-0.1, -0.05) is 5.16 Å². The largest absolute Gasteiger partial charge is 0.367 e. The molecule has 0 bridgehead atoms. The molecule has 2 N–H and O–H groups in total. The summed E-state index contributed by atoms with van der Waals surface area (Å²) in [5.74, 6) is 1.73. The Bertz CT molecular complexity index is 1120. The molecule has 2 aliphatic carbocycles. The van der Waals surface area contributed by atoms with Crippen LogP contribution in [0.2, 0.25) is 0 Å². The van der Waals surface area contributed by atoms with Crippen molar-refractivity contribution in [1.82, 2.24) is 25.2 Å². The minimum absolute atomic E-state index is 0.195. The van der Waals surface area contributed by atoms with Gasteiger partial charge in [0.25, 0.3) is 11.5 Å². The van der Waals surface area contributed by atoms with E-state index < -0.39 is 0 Å². The number of nitrogens with zero attached hydrogens (tertiary/aromatic N) is 4.